The third-order valence-corrected chi connectivity index (χ3v) is 3.25. The van der Waals surface area contributed by atoms with Crippen molar-refractivity contribution in [3.63, 3.8) is 0 Å². The van der Waals surface area contributed by atoms with E-state index in [-0.39, 0.29) is 6.04 Å². The van der Waals surface area contributed by atoms with Crippen molar-refractivity contribution in [2.24, 2.45) is 0 Å². The van der Waals surface area contributed by atoms with Crippen molar-refractivity contribution in [2.75, 3.05) is 0 Å². The van der Waals surface area contributed by atoms with Crippen LogP contribution in [0.15, 0.2) is 47.6 Å². The second-order valence-electron chi connectivity index (χ2n) is 4.82. The van der Waals surface area contributed by atoms with Gasteiger partial charge in [0.2, 0.25) is 0 Å². The number of nitrogens with zero attached hydrogens (tertiary/aromatic N) is 4. The summed E-state index contributed by atoms with van der Waals surface area (Å²) in [7, 11) is 0. The van der Waals surface area contributed by atoms with Gasteiger partial charge in [-0.2, -0.15) is 0 Å². The van der Waals surface area contributed by atoms with E-state index >= 15 is 0 Å². The van der Waals surface area contributed by atoms with E-state index in [1.54, 1.807) is 18.7 Å². The molecule has 5 heteroatoms. The highest BCUT2D eigenvalue weighted by atomic mass is 16.3. The Hall–Kier alpha value is -2.43. The predicted octanol–water partition coefficient (Wildman–Crippen LogP) is 3.05. The first-order valence-corrected chi connectivity index (χ1v) is 6.58. The first-order chi connectivity index (χ1) is 9.74. The Kier molecular flexibility index (Phi) is 3.33. The molecule has 0 amide bonds. The lowest BCUT2D eigenvalue weighted by atomic mass is 10.1. The van der Waals surface area contributed by atoms with E-state index in [0.29, 0.717) is 5.89 Å². The molecule has 20 heavy (non-hydrogen) atoms. The van der Waals surface area contributed by atoms with Gasteiger partial charge in [-0.25, -0.2) is 9.97 Å². The number of hydrogen-bond acceptors (Lipinski definition) is 4. The van der Waals surface area contributed by atoms with Crippen LogP contribution in [0.1, 0.15) is 24.4 Å². The zero-order valence-electron chi connectivity index (χ0n) is 11.5. The zero-order chi connectivity index (χ0) is 13.9. The van der Waals surface area contributed by atoms with Gasteiger partial charge in [0.15, 0.2) is 11.7 Å². The standard InChI is InChI=1S/C15H16N4O/c1-11(8-13-4-3-5-16-9-13)19-7-6-17-15(19)14-10-20-12(2)18-14/h3-7,9-11H,8H2,1-2H3/t11-/m0/s1. The number of oxazole rings is 1. The van der Waals surface area contributed by atoms with E-state index in [9.17, 15) is 0 Å². The SMILES string of the molecule is Cc1nc(-c2nccn2[C@@H](C)Cc2cccnc2)co1. The first kappa shape index (κ1) is 12.6. The fraction of sp³-hybridized carbons (Fsp3) is 0.267. The monoisotopic (exact) mass is 268 g/mol. The molecule has 0 spiro atoms. The molecular formula is C15H16N4O. The van der Waals surface area contributed by atoms with Crippen LogP contribution in [-0.2, 0) is 6.42 Å². The van der Waals surface area contributed by atoms with Crippen LogP contribution in [-0.4, -0.2) is 19.5 Å². The summed E-state index contributed by atoms with van der Waals surface area (Å²) in [6.45, 7) is 3.99. The summed E-state index contributed by atoms with van der Waals surface area (Å²) in [4.78, 5) is 12.9. The largest absolute Gasteiger partial charge is 0.449 e. The summed E-state index contributed by atoms with van der Waals surface area (Å²) >= 11 is 0. The molecule has 5 nitrogen and oxygen atoms in total. The van der Waals surface area contributed by atoms with Crippen molar-refractivity contribution in [2.45, 2.75) is 26.3 Å². The highest BCUT2D eigenvalue weighted by molar-refractivity contribution is 5.48. The molecule has 0 fully saturated rings. The van der Waals surface area contributed by atoms with Crippen LogP contribution in [0.5, 0.6) is 0 Å². The normalized spacial score (nSPS) is 12.5. The lowest BCUT2D eigenvalue weighted by Crippen LogP contribution is -2.09. The maximum absolute atomic E-state index is 5.27. The smallest absolute Gasteiger partial charge is 0.191 e. The lowest BCUT2D eigenvalue weighted by Gasteiger charge is -2.15. The van der Waals surface area contributed by atoms with Crippen molar-refractivity contribution in [1.82, 2.24) is 19.5 Å². The molecule has 3 rings (SSSR count). The minimum Gasteiger partial charge on any atom is -0.449 e. The Labute approximate surface area is 117 Å². The van der Waals surface area contributed by atoms with Crippen molar-refractivity contribution < 1.29 is 4.42 Å². The summed E-state index contributed by atoms with van der Waals surface area (Å²) in [5.41, 5.74) is 1.97. The highest BCUT2D eigenvalue weighted by Crippen LogP contribution is 2.22. The minimum atomic E-state index is 0.272. The molecule has 0 N–H and O–H groups in total. The third kappa shape index (κ3) is 2.47. The number of pyridine rings is 1. The molecule has 3 aromatic rings. The summed E-state index contributed by atoms with van der Waals surface area (Å²) in [5.74, 6) is 1.48. The minimum absolute atomic E-state index is 0.272. The van der Waals surface area contributed by atoms with E-state index in [2.05, 4.69) is 32.5 Å². The number of hydrogen-bond donors (Lipinski definition) is 0. The van der Waals surface area contributed by atoms with Crippen LogP contribution >= 0.6 is 0 Å². The molecule has 0 saturated heterocycles. The number of rotatable bonds is 4. The maximum Gasteiger partial charge on any atom is 0.191 e. The number of aromatic nitrogens is 4. The Morgan fingerprint density at radius 2 is 2.25 bits per heavy atom. The summed E-state index contributed by atoms with van der Waals surface area (Å²) < 4.78 is 7.38. The van der Waals surface area contributed by atoms with Crippen LogP contribution in [0, 0.1) is 6.92 Å². The Bertz CT molecular complexity index is 687. The van der Waals surface area contributed by atoms with E-state index in [0.717, 1.165) is 17.9 Å². The predicted molar refractivity (Wildman–Crippen MR) is 75.1 cm³/mol. The number of imidazole rings is 1. The van der Waals surface area contributed by atoms with Crippen LogP contribution in [0.2, 0.25) is 0 Å². The fourth-order valence-electron chi connectivity index (χ4n) is 2.29. The molecular weight excluding hydrogens is 252 g/mol. The van der Waals surface area contributed by atoms with Crippen molar-refractivity contribution >= 4 is 0 Å². The van der Waals surface area contributed by atoms with Gasteiger partial charge in [-0.15, -0.1) is 0 Å². The first-order valence-electron chi connectivity index (χ1n) is 6.58. The van der Waals surface area contributed by atoms with E-state index < -0.39 is 0 Å². The molecule has 3 aromatic heterocycles. The van der Waals surface area contributed by atoms with E-state index in [1.165, 1.54) is 5.56 Å². The molecule has 102 valence electrons. The van der Waals surface area contributed by atoms with Gasteiger partial charge in [-0.3, -0.25) is 4.98 Å². The van der Waals surface area contributed by atoms with Crippen LogP contribution < -0.4 is 0 Å². The molecule has 0 unspecified atom stereocenters. The van der Waals surface area contributed by atoms with Gasteiger partial charge in [0.25, 0.3) is 0 Å². The van der Waals surface area contributed by atoms with Crippen molar-refractivity contribution in [3.05, 3.63) is 54.6 Å². The molecule has 0 aliphatic heterocycles. The molecule has 1 atom stereocenters. The summed E-state index contributed by atoms with van der Waals surface area (Å²) in [6, 6.07) is 4.31. The topological polar surface area (TPSA) is 56.7 Å². The quantitative estimate of drug-likeness (QED) is 0.729. The van der Waals surface area contributed by atoms with E-state index in [4.69, 9.17) is 4.42 Å². The van der Waals surface area contributed by atoms with Crippen molar-refractivity contribution in [3.8, 4) is 11.5 Å². The summed E-state index contributed by atoms with van der Waals surface area (Å²) in [5, 5.41) is 0. The zero-order valence-corrected chi connectivity index (χ0v) is 11.5. The number of aryl methyl sites for hydroxylation is 1. The molecule has 0 aromatic carbocycles. The Morgan fingerprint density at radius 3 is 2.95 bits per heavy atom. The molecule has 3 heterocycles. The van der Waals surface area contributed by atoms with Crippen LogP contribution in [0.25, 0.3) is 11.5 Å². The average Bonchev–Trinajstić information content (AvgIpc) is 3.08. The third-order valence-electron chi connectivity index (χ3n) is 3.25. The van der Waals surface area contributed by atoms with Gasteiger partial charge in [-0.05, 0) is 25.0 Å². The Balaban J connectivity index is 1.86. The molecule has 0 saturated carbocycles. The second-order valence-corrected chi connectivity index (χ2v) is 4.82. The van der Waals surface area contributed by atoms with Crippen LogP contribution in [0.4, 0.5) is 0 Å². The second kappa shape index (κ2) is 5.28. The maximum atomic E-state index is 5.27. The van der Waals surface area contributed by atoms with Gasteiger partial charge in [0.1, 0.15) is 12.0 Å². The summed E-state index contributed by atoms with van der Waals surface area (Å²) in [6.07, 6.45) is 9.99. The van der Waals surface area contributed by atoms with Crippen LogP contribution in [0.3, 0.4) is 0 Å². The molecule has 0 aliphatic rings. The molecule has 0 radical (unpaired) electrons. The van der Waals surface area contributed by atoms with Gasteiger partial charge >= 0.3 is 0 Å². The average molecular weight is 268 g/mol. The van der Waals surface area contributed by atoms with Gasteiger partial charge < -0.3 is 8.98 Å². The fourth-order valence-corrected chi connectivity index (χ4v) is 2.29. The van der Waals surface area contributed by atoms with Crippen molar-refractivity contribution in [1.29, 1.82) is 0 Å². The van der Waals surface area contributed by atoms with E-state index in [1.807, 2.05) is 25.4 Å². The highest BCUT2D eigenvalue weighted by Gasteiger charge is 2.15. The van der Waals surface area contributed by atoms with Gasteiger partial charge in [-0.1, -0.05) is 6.07 Å². The van der Waals surface area contributed by atoms with Gasteiger partial charge in [0.05, 0.1) is 0 Å². The molecule has 0 aliphatic carbocycles. The van der Waals surface area contributed by atoms with Gasteiger partial charge in [0, 0.05) is 37.8 Å². The lowest BCUT2D eigenvalue weighted by molar-refractivity contribution is 0.521. The molecule has 0 bridgehead atoms. The Morgan fingerprint density at radius 1 is 1.35 bits per heavy atom.